The number of rotatable bonds is 3. The number of carboxylic acids is 1. The number of benzene rings is 1. The first-order valence-corrected chi connectivity index (χ1v) is 6.05. The number of hydrogen-bond acceptors (Lipinski definition) is 4. The van der Waals surface area contributed by atoms with Crippen molar-refractivity contribution >= 4 is 28.4 Å². The topological polar surface area (TPSA) is 75.1 Å². The maximum absolute atomic E-state index is 11.3. The quantitative estimate of drug-likeness (QED) is 0.761. The molecular formula is C15H11N3O2. The first kappa shape index (κ1) is 12.1. The minimum absolute atomic E-state index is 0.0973. The minimum atomic E-state index is -1.04. The fraction of sp³-hybridized carbons (Fsp3) is 0. The molecule has 0 radical (unpaired) electrons. The van der Waals surface area contributed by atoms with E-state index in [0.717, 1.165) is 5.69 Å². The summed E-state index contributed by atoms with van der Waals surface area (Å²) in [5.74, 6) is -1.04. The van der Waals surface area contributed by atoms with Gasteiger partial charge in [0.05, 0.1) is 11.2 Å². The normalized spacial score (nSPS) is 10.4. The standard InChI is InChI=1S/C15H11N3O2/c19-15(20)11-9-17-12-7-4-8-16-14(12)13(11)18-10-5-2-1-3-6-10/h1-9H,(H,17,18)(H,19,20). The first-order valence-electron chi connectivity index (χ1n) is 6.05. The molecule has 2 N–H and O–H groups in total. The van der Waals surface area contributed by atoms with Crippen LogP contribution in [0.5, 0.6) is 0 Å². The monoisotopic (exact) mass is 265 g/mol. The summed E-state index contributed by atoms with van der Waals surface area (Å²) in [6.45, 7) is 0. The number of aromatic carboxylic acids is 1. The van der Waals surface area contributed by atoms with Crippen LogP contribution < -0.4 is 5.32 Å². The van der Waals surface area contributed by atoms with Gasteiger partial charge in [-0.05, 0) is 24.3 Å². The van der Waals surface area contributed by atoms with Crippen LogP contribution in [0, 0.1) is 0 Å². The van der Waals surface area contributed by atoms with Gasteiger partial charge in [-0.25, -0.2) is 4.79 Å². The van der Waals surface area contributed by atoms with Crippen LogP contribution in [0.1, 0.15) is 10.4 Å². The number of pyridine rings is 2. The summed E-state index contributed by atoms with van der Waals surface area (Å²) < 4.78 is 0. The smallest absolute Gasteiger partial charge is 0.339 e. The lowest BCUT2D eigenvalue weighted by Crippen LogP contribution is -2.05. The number of para-hydroxylation sites is 1. The summed E-state index contributed by atoms with van der Waals surface area (Å²) in [7, 11) is 0. The van der Waals surface area contributed by atoms with Crippen molar-refractivity contribution in [1.82, 2.24) is 9.97 Å². The number of carboxylic acid groups (broad SMARTS) is 1. The van der Waals surface area contributed by atoms with Crippen molar-refractivity contribution in [3.05, 3.63) is 60.4 Å². The van der Waals surface area contributed by atoms with Crippen molar-refractivity contribution in [2.75, 3.05) is 5.32 Å². The Kier molecular flexibility index (Phi) is 3.01. The van der Waals surface area contributed by atoms with E-state index in [1.807, 2.05) is 30.3 Å². The summed E-state index contributed by atoms with van der Waals surface area (Å²) in [6, 6.07) is 12.9. The van der Waals surface area contributed by atoms with Crippen molar-refractivity contribution in [3.63, 3.8) is 0 Å². The second kappa shape index (κ2) is 4.97. The van der Waals surface area contributed by atoms with E-state index >= 15 is 0 Å². The van der Waals surface area contributed by atoms with Gasteiger partial charge in [0.15, 0.2) is 0 Å². The van der Waals surface area contributed by atoms with Crippen LogP contribution in [0.4, 0.5) is 11.4 Å². The third kappa shape index (κ3) is 2.16. The highest BCUT2D eigenvalue weighted by Crippen LogP contribution is 2.27. The van der Waals surface area contributed by atoms with Crippen molar-refractivity contribution < 1.29 is 9.90 Å². The number of hydrogen-bond donors (Lipinski definition) is 2. The van der Waals surface area contributed by atoms with Gasteiger partial charge in [0, 0.05) is 18.1 Å². The molecule has 2 heterocycles. The van der Waals surface area contributed by atoms with Crippen molar-refractivity contribution in [2.24, 2.45) is 0 Å². The molecule has 3 rings (SSSR count). The van der Waals surface area contributed by atoms with Crippen LogP contribution in [0.25, 0.3) is 11.0 Å². The van der Waals surface area contributed by atoms with Crippen LogP contribution in [-0.2, 0) is 0 Å². The molecule has 98 valence electrons. The van der Waals surface area contributed by atoms with Gasteiger partial charge in [-0.15, -0.1) is 0 Å². The minimum Gasteiger partial charge on any atom is -0.478 e. The predicted octanol–water partition coefficient (Wildman–Crippen LogP) is 3.07. The number of anilines is 2. The molecule has 0 amide bonds. The van der Waals surface area contributed by atoms with E-state index in [2.05, 4.69) is 15.3 Å². The van der Waals surface area contributed by atoms with Gasteiger partial charge in [0.1, 0.15) is 11.1 Å². The Hall–Kier alpha value is -2.95. The summed E-state index contributed by atoms with van der Waals surface area (Å²) in [5, 5.41) is 12.4. The Labute approximate surface area is 114 Å². The molecule has 0 aliphatic carbocycles. The van der Waals surface area contributed by atoms with E-state index in [4.69, 9.17) is 0 Å². The van der Waals surface area contributed by atoms with Crippen molar-refractivity contribution in [1.29, 1.82) is 0 Å². The van der Waals surface area contributed by atoms with Crippen LogP contribution in [-0.4, -0.2) is 21.0 Å². The molecule has 2 aromatic heterocycles. The number of nitrogens with zero attached hydrogens (tertiary/aromatic N) is 2. The Balaban J connectivity index is 2.20. The van der Waals surface area contributed by atoms with Gasteiger partial charge in [-0.2, -0.15) is 0 Å². The van der Waals surface area contributed by atoms with Crippen molar-refractivity contribution in [2.45, 2.75) is 0 Å². The third-order valence-electron chi connectivity index (χ3n) is 2.90. The van der Waals surface area contributed by atoms with E-state index in [0.29, 0.717) is 16.7 Å². The number of aromatic nitrogens is 2. The summed E-state index contributed by atoms with van der Waals surface area (Å²) in [4.78, 5) is 19.7. The van der Waals surface area contributed by atoms with Crippen LogP contribution >= 0.6 is 0 Å². The van der Waals surface area contributed by atoms with E-state index in [9.17, 15) is 9.90 Å². The molecule has 0 aliphatic heterocycles. The summed E-state index contributed by atoms with van der Waals surface area (Å²) in [6.07, 6.45) is 2.96. The van der Waals surface area contributed by atoms with Crippen molar-refractivity contribution in [3.8, 4) is 0 Å². The summed E-state index contributed by atoms with van der Waals surface area (Å²) >= 11 is 0. The molecule has 5 nitrogen and oxygen atoms in total. The SMILES string of the molecule is O=C(O)c1cnc2cccnc2c1Nc1ccccc1. The van der Waals surface area contributed by atoms with Crippen LogP contribution in [0.3, 0.4) is 0 Å². The lowest BCUT2D eigenvalue weighted by atomic mass is 10.1. The molecule has 5 heteroatoms. The third-order valence-corrected chi connectivity index (χ3v) is 2.90. The molecule has 0 aliphatic rings. The average molecular weight is 265 g/mol. The zero-order valence-electron chi connectivity index (χ0n) is 10.4. The number of nitrogens with one attached hydrogen (secondary N) is 1. The highest BCUT2D eigenvalue weighted by atomic mass is 16.4. The Morgan fingerprint density at radius 1 is 1.05 bits per heavy atom. The fourth-order valence-corrected chi connectivity index (χ4v) is 1.97. The van der Waals surface area contributed by atoms with E-state index < -0.39 is 5.97 Å². The second-order valence-electron chi connectivity index (χ2n) is 4.21. The predicted molar refractivity (Wildman–Crippen MR) is 76.2 cm³/mol. The lowest BCUT2D eigenvalue weighted by molar-refractivity contribution is 0.0697. The molecule has 0 fully saturated rings. The maximum atomic E-state index is 11.3. The highest BCUT2D eigenvalue weighted by Gasteiger charge is 2.15. The van der Waals surface area contributed by atoms with Gasteiger partial charge >= 0.3 is 5.97 Å². The molecule has 0 spiro atoms. The Morgan fingerprint density at radius 2 is 1.85 bits per heavy atom. The molecular weight excluding hydrogens is 254 g/mol. The number of fused-ring (bicyclic) bond motifs is 1. The first-order chi connectivity index (χ1) is 9.75. The zero-order valence-corrected chi connectivity index (χ0v) is 10.4. The van der Waals surface area contributed by atoms with Gasteiger partial charge < -0.3 is 10.4 Å². The molecule has 0 bridgehead atoms. The average Bonchev–Trinajstić information content (AvgIpc) is 2.48. The molecule has 0 atom stereocenters. The van der Waals surface area contributed by atoms with Gasteiger partial charge in [0.2, 0.25) is 0 Å². The molecule has 1 aromatic carbocycles. The molecule has 0 unspecified atom stereocenters. The fourth-order valence-electron chi connectivity index (χ4n) is 1.97. The van der Waals surface area contributed by atoms with Gasteiger partial charge in [0.25, 0.3) is 0 Å². The molecule has 0 saturated carbocycles. The molecule has 0 saturated heterocycles. The van der Waals surface area contributed by atoms with E-state index in [1.54, 1.807) is 18.3 Å². The molecule has 20 heavy (non-hydrogen) atoms. The van der Waals surface area contributed by atoms with Gasteiger partial charge in [-0.3, -0.25) is 9.97 Å². The van der Waals surface area contributed by atoms with Gasteiger partial charge in [-0.1, -0.05) is 18.2 Å². The Bertz CT molecular complexity index is 772. The molecule has 3 aromatic rings. The van der Waals surface area contributed by atoms with Crippen LogP contribution in [0.15, 0.2) is 54.9 Å². The van der Waals surface area contributed by atoms with E-state index in [1.165, 1.54) is 6.20 Å². The van der Waals surface area contributed by atoms with Crippen LogP contribution in [0.2, 0.25) is 0 Å². The van der Waals surface area contributed by atoms with E-state index in [-0.39, 0.29) is 5.56 Å². The summed E-state index contributed by atoms with van der Waals surface area (Å²) in [5.41, 5.74) is 2.54. The number of carbonyl (C=O) groups is 1. The maximum Gasteiger partial charge on any atom is 0.339 e. The second-order valence-corrected chi connectivity index (χ2v) is 4.21. The lowest BCUT2D eigenvalue weighted by Gasteiger charge is -2.11. The largest absolute Gasteiger partial charge is 0.478 e. The Morgan fingerprint density at radius 3 is 2.60 bits per heavy atom. The highest BCUT2D eigenvalue weighted by molar-refractivity contribution is 6.03. The zero-order chi connectivity index (χ0) is 13.9.